The summed E-state index contributed by atoms with van der Waals surface area (Å²) in [4.78, 5) is 2.35. The van der Waals surface area contributed by atoms with Gasteiger partial charge in [0, 0.05) is 12.0 Å². The summed E-state index contributed by atoms with van der Waals surface area (Å²) in [7, 11) is 7.12. The molecule has 2 atom stereocenters. The van der Waals surface area contributed by atoms with Crippen LogP contribution in [0.15, 0.2) is 78.1 Å². The summed E-state index contributed by atoms with van der Waals surface area (Å²) < 4.78 is 11.4. The van der Waals surface area contributed by atoms with E-state index in [2.05, 4.69) is 120 Å². The number of hydrogen-bond donors (Lipinski definition) is 0. The van der Waals surface area contributed by atoms with Crippen molar-refractivity contribution in [1.82, 2.24) is 4.90 Å². The van der Waals surface area contributed by atoms with E-state index in [4.69, 9.17) is 9.47 Å². The van der Waals surface area contributed by atoms with E-state index in [1.165, 1.54) is 43.7 Å². The number of rotatable bonds is 8. The molecule has 0 radical (unpaired) electrons. The molecule has 0 saturated carbocycles. The number of aryl methyl sites for hydroxylation is 4. The fraction of sp³-hybridized carbons (Fsp3) is 0.312. The first-order chi connectivity index (χ1) is 17.3. The number of hydrogen-bond acceptors (Lipinski definition) is 3. The van der Waals surface area contributed by atoms with E-state index in [9.17, 15) is 0 Å². The maximum atomic E-state index is 5.72. The lowest BCUT2D eigenvalue weighted by molar-refractivity contribution is 0.265. The first-order valence-corrected chi connectivity index (χ1v) is 13.8. The van der Waals surface area contributed by atoms with Crippen LogP contribution < -0.4 is 20.1 Å². The molecular weight excluding hydrogens is 461 g/mol. The zero-order valence-corrected chi connectivity index (χ0v) is 23.7. The number of nitrogens with zero attached hydrogens (tertiary/aromatic N) is 1. The number of allylic oxidation sites excluding steroid dienone is 2. The Kier molecular flexibility index (Phi) is 8.03. The zero-order chi connectivity index (χ0) is 26.0. The number of methoxy groups -OCH3 is 2. The molecule has 4 rings (SSSR count). The lowest BCUT2D eigenvalue weighted by Gasteiger charge is -2.35. The highest BCUT2D eigenvalue weighted by Crippen LogP contribution is 2.54. The van der Waals surface area contributed by atoms with Crippen molar-refractivity contribution in [2.75, 3.05) is 28.3 Å². The summed E-state index contributed by atoms with van der Waals surface area (Å²) in [5.41, 5.74) is 6.05. The van der Waals surface area contributed by atoms with Gasteiger partial charge in [-0.2, -0.15) is 0 Å². The highest BCUT2D eigenvalue weighted by molar-refractivity contribution is 7.76. The van der Waals surface area contributed by atoms with Gasteiger partial charge in [-0.25, -0.2) is 0 Å². The predicted molar refractivity (Wildman–Crippen MR) is 155 cm³/mol. The summed E-state index contributed by atoms with van der Waals surface area (Å²) in [5, 5.41) is 4.19. The van der Waals surface area contributed by atoms with Gasteiger partial charge in [-0.3, -0.25) is 0 Å². The average Bonchev–Trinajstić information content (AvgIpc) is 3.28. The van der Waals surface area contributed by atoms with E-state index in [1.54, 1.807) is 14.2 Å². The van der Waals surface area contributed by atoms with Crippen LogP contribution >= 0.6 is 7.92 Å². The maximum Gasteiger partial charge on any atom is 0.124 e. The molecular formula is C32H38NO2P. The smallest absolute Gasteiger partial charge is 0.124 e. The van der Waals surface area contributed by atoms with Crippen molar-refractivity contribution in [1.29, 1.82) is 0 Å². The van der Waals surface area contributed by atoms with Crippen LogP contribution in [-0.4, -0.2) is 33.2 Å². The Morgan fingerprint density at radius 2 is 1.22 bits per heavy atom. The molecule has 0 amide bonds. The van der Waals surface area contributed by atoms with E-state index in [-0.39, 0.29) is 12.0 Å². The van der Waals surface area contributed by atoms with Crippen molar-refractivity contribution in [3.05, 3.63) is 106 Å². The number of benzene rings is 3. The van der Waals surface area contributed by atoms with Crippen molar-refractivity contribution in [3.63, 3.8) is 0 Å². The fourth-order valence-electron chi connectivity index (χ4n) is 5.66. The van der Waals surface area contributed by atoms with Gasteiger partial charge in [0.1, 0.15) is 11.5 Å². The Bertz CT molecular complexity index is 1190. The molecule has 0 spiro atoms. The second-order valence-corrected chi connectivity index (χ2v) is 12.1. The zero-order valence-electron chi connectivity index (χ0n) is 22.8. The Hall–Kier alpha value is -2.87. The lowest BCUT2D eigenvalue weighted by atomic mass is 9.93. The van der Waals surface area contributed by atoms with Crippen molar-refractivity contribution in [3.8, 4) is 11.5 Å². The molecule has 36 heavy (non-hydrogen) atoms. The van der Waals surface area contributed by atoms with Gasteiger partial charge in [0.05, 0.1) is 14.2 Å². The molecule has 1 aliphatic rings. The first kappa shape index (κ1) is 26.2. The van der Waals surface area contributed by atoms with Crippen LogP contribution in [0.3, 0.4) is 0 Å². The van der Waals surface area contributed by atoms with E-state index in [0.29, 0.717) is 0 Å². The van der Waals surface area contributed by atoms with E-state index in [1.807, 2.05) is 0 Å². The third-order valence-electron chi connectivity index (χ3n) is 7.04. The van der Waals surface area contributed by atoms with Crippen molar-refractivity contribution >= 4 is 18.5 Å². The van der Waals surface area contributed by atoms with Gasteiger partial charge in [-0.1, -0.05) is 48.6 Å². The molecule has 1 unspecified atom stereocenters. The highest BCUT2D eigenvalue weighted by atomic mass is 31.1. The monoisotopic (exact) mass is 499 g/mol. The quantitative estimate of drug-likeness (QED) is 0.320. The van der Waals surface area contributed by atoms with Gasteiger partial charge >= 0.3 is 0 Å². The Labute approximate surface area is 218 Å². The Morgan fingerprint density at radius 1 is 0.750 bits per heavy atom. The Morgan fingerprint density at radius 3 is 1.64 bits per heavy atom. The molecule has 4 heteroatoms. The molecule has 0 bridgehead atoms. The second-order valence-electron chi connectivity index (χ2n) is 9.88. The van der Waals surface area contributed by atoms with E-state index in [0.717, 1.165) is 11.5 Å². The Balaban J connectivity index is 1.91. The molecule has 0 fully saturated rings. The molecule has 0 aromatic heterocycles. The van der Waals surface area contributed by atoms with Crippen LogP contribution in [0.5, 0.6) is 11.5 Å². The average molecular weight is 500 g/mol. The van der Waals surface area contributed by atoms with Crippen molar-refractivity contribution < 1.29 is 9.47 Å². The molecule has 1 aliphatic carbocycles. The molecule has 0 aliphatic heterocycles. The van der Waals surface area contributed by atoms with Crippen LogP contribution in [0, 0.1) is 33.6 Å². The van der Waals surface area contributed by atoms with Gasteiger partial charge in [-0.05, 0) is 118 Å². The largest absolute Gasteiger partial charge is 0.496 e. The van der Waals surface area contributed by atoms with Crippen LogP contribution in [0.1, 0.15) is 33.9 Å². The van der Waals surface area contributed by atoms with Gasteiger partial charge in [-0.15, -0.1) is 0 Å². The third kappa shape index (κ3) is 5.01. The molecule has 0 saturated heterocycles. The second kappa shape index (κ2) is 11.0. The summed E-state index contributed by atoms with van der Waals surface area (Å²) in [6, 6.07) is 20.4. The molecule has 3 aromatic rings. The SMILES string of the molecule is COc1c(C)cc(P(C2=CC=CC2[C@@H](c2ccccc2)N(C)C)c2cc(C)c(OC)c(C)c2)cc1C. The molecule has 188 valence electrons. The maximum absolute atomic E-state index is 5.72. The molecule has 0 N–H and O–H groups in total. The lowest BCUT2D eigenvalue weighted by Crippen LogP contribution is -2.28. The van der Waals surface area contributed by atoms with Crippen LogP contribution in [-0.2, 0) is 0 Å². The first-order valence-electron chi connectivity index (χ1n) is 12.5. The minimum Gasteiger partial charge on any atom is -0.496 e. The summed E-state index contributed by atoms with van der Waals surface area (Å²) >= 11 is 0. The van der Waals surface area contributed by atoms with E-state index < -0.39 is 7.92 Å². The molecule has 0 heterocycles. The van der Waals surface area contributed by atoms with Crippen molar-refractivity contribution in [2.45, 2.75) is 33.7 Å². The van der Waals surface area contributed by atoms with Crippen LogP contribution in [0.25, 0.3) is 0 Å². The van der Waals surface area contributed by atoms with Gasteiger partial charge < -0.3 is 14.4 Å². The third-order valence-corrected chi connectivity index (χ3v) is 9.55. The minimum atomic E-state index is -0.778. The standard InChI is InChI=1S/C32H38NO2P/c1-21-17-26(18-22(2)31(21)34-7)36(27-19-23(3)32(35-8)24(4)20-27)29-16-12-15-28(29)30(33(5)6)25-13-10-9-11-14-25/h9-20,28,30H,1-8H3/t28?,30-/m1/s1. The normalized spacial score (nSPS) is 15.9. The van der Waals surface area contributed by atoms with Gasteiger partial charge in [0.25, 0.3) is 0 Å². The fourth-order valence-corrected chi connectivity index (χ4v) is 8.60. The predicted octanol–water partition coefficient (Wildman–Crippen LogP) is 6.74. The summed E-state index contributed by atoms with van der Waals surface area (Å²) in [6.45, 7) is 8.61. The highest BCUT2D eigenvalue weighted by Gasteiger charge is 2.34. The van der Waals surface area contributed by atoms with E-state index >= 15 is 0 Å². The molecule has 3 nitrogen and oxygen atoms in total. The summed E-state index contributed by atoms with van der Waals surface area (Å²) in [6.07, 6.45) is 7.00. The van der Waals surface area contributed by atoms with Gasteiger partial charge in [0.2, 0.25) is 0 Å². The van der Waals surface area contributed by atoms with Gasteiger partial charge in [0.15, 0.2) is 0 Å². The van der Waals surface area contributed by atoms with Crippen LogP contribution in [0.2, 0.25) is 0 Å². The minimum absolute atomic E-state index is 0.252. The van der Waals surface area contributed by atoms with Crippen LogP contribution in [0.4, 0.5) is 0 Å². The topological polar surface area (TPSA) is 21.7 Å². The molecule has 3 aromatic carbocycles. The number of ether oxygens (including phenoxy) is 2. The summed E-state index contributed by atoms with van der Waals surface area (Å²) in [5.74, 6) is 2.22. The van der Waals surface area contributed by atoms with Crippen molar-refractivity contribution in [2.24, 2.45) is 5.92 Å².